The summed E-state index contributed by atoms with van der Waals surface area (Å²) in [6.45, 7) is 2.66. The molecule has 0 radical (unpaired) electrons. The largest absolute Gasteiger partial charge is 0.380 e. The van der Waals surface area contributed by atoms with Gasteiger partial charge in [-0.15, -0.1) is 0 Å². The van der Waals surface area contributed by atoms with Gasteiger partial charge in [0.2, 0.25) is 5.91 Å². The van der Waals surface area contributed by atoms with Gasteiger partial charge in [0, 0.05) is 20.6 Å². The van der Waals surface area contributed by atoms with Gasteiger partial charge in [0.25, 0.3) is 0 Å². The van der Waals surface area contributed by atoms with Crippen LogP contribution in [0.15, 0.2) is 24.3 Å². The lowest BCUT2D eigenvalue weighted by atomic mass is 10.1. The second-order valence-corrected chi connectivity index (χ2v) is 3.11. The number of methoxy groups -OCH3 is 1. The highest BCUT2D eigenvalue weighted by Gasteiger charge is 2.01. The minimum atomic E-state index is -0.0165. The Kier molecular flexibility index (Phi) is 4.13. The molecule has 1 aromatic rings. The Hall–Kier alpha value is -1.35. The van der Waals surface area contributed by atoms with Crippen molar-refractivity contribution in [2.75, 3.05) is 7.11 Å². The van der Waals surface area contributed by atoms with Crippen LogP contribution < -0.4 is 5.32 Å². The summed E-state index contributed by atoms with van der Waals surface area (Å²) in [5.74, 6) is -0.0165. The Labute approximate surface area is 84.1 Å². The van der Waals surface area contributed by atoms with Crippen LogP contribution in [-0.4, -0.2) is 13.0 Å². The molecule has 1 N–H and O–H groups in total. The zero-order valence-electron chi connectivity index (χ0n) is 8.54. The van der Waals surface area contributed by atoms with E-state index in [0.29, 0.717) is 13.2 Å². The van der Waals surface area contributed by atoms with Gasteiger partial charge < -0.3 is 10.1 Å². The van der Waals surface area contributed by atoms with E-state index in [1.54, 1.807) is 7.11 Å². The van der Waals surface area contributed by atoms with Gasteiger partial charge in [0.05, 0.1) is 6.61 Å². The molecular formula is C11H15NO2. The van der Waals surface area contributed by atoms with Crippen molar-refractivity contribution in [3.63, 3.8) is 0 Å². The molecule has 1 amide bonds. The molecule has 0 aliphatic carbocycles. The van der Waals surface area contributed by atoms with E-state index in [1.807, 2.05) is 24.3 Å². The number of hydrogen-bond acceptors (Lipinski definition) is 2. The van der Waals surface area contributed by atoms with Crippen molar-refractivity contribution in [1.82, 2.24) is 5.32 Å². The monoisotopic (exact) mass is 193 g/mol. The highest BCUT2D eigenvalue weighted by Crippen LogP contribution is 2.09. The highest BCUT2D eigenvalue weighted by molar-refractivity contribution is 5.72. The normalized spacial score (nSPS) is 9.86. The number of benzene rings is 1. The number of carbonyl (C=O) groups is 1. The first-order valence-electron chi connectivity index (χ1n) is 4.54. The van der Waals surface area contributed by atoms with Gasteiger partial charge in [-0.25, -0.2) is 0 Å². The summed E-state index contributed by atoms with van der Waals surface area (Å²) < 4.78 is 5.06. The van der Waals surface area contributed by atoms with Crippen molar-refractivity contribution in [3.05, 3.63) is 35.4 Å². The van der Waals surface area contributed by atoms with Crippen molar-refractivity contribution in [2.24, 2.45) is 0 Å². The maximum atomic E-state index is 10.7. The molecule has 0 saturated heterocycles. The van der Waals surface area contributed by atoms with Gasteiger partial charge in [-0.05, 0) is 11.1 Å². The van der Waals surface area contributed by atoms with Gasteiger partial charge in [-0.3, -0.25) is 4.79 Å². The van der Waals surface area contributed by atoms with E-state index < -0.39 is 0 Å². The first-order valence-corrected chi connectivity index (χ1v) is 4.54. The van der Waals surface area contributed by atoms with E-state index in [4.69, 9.17) is 4.74 Å². The van der Waals surface area contributed by atoms with E-state index in [9.17, 15) is 4.79 Å². The van der Waals surface area contributed by atoms with Gasteiger partial charge in [-0.1, -0.05) is 24.3 Å². The van der Waals surface area contributed by atoms with Crippen molar-refractivity contribution in [3.8, 4) is 0 Å². The standard InChI is InChI=1S/C11H15NO2/c1-9(13)12-7-10-5-3-4-6-11(10)8-14-2/h3-6H,7-8H2,1-2H3,(H,12,13). The lowest BCUT2D eigenvalue weighted by Crippen LogP contribution is -2.19. The molecule has 0 aromatic heterocycles. The average Bonchev–Trinajstić information content (AvgIpc) is 2.17. The summed E-state index contributed by atoms with van der Waals surface area (Å²) in [7, 11) is 1.66. The molecule has 0 aliphatic rings. The molecule has 0 unspecified atom stereocenters. The Balaban J connectivity index is 2.68. The first-order chi connectivity index (χ1) is 6.74. The van der Waals surface area contributed by atoms with Crippen LogP contribution in [0.25, 0.3) is 0 Å². The van der Waals surface area contributed by atoms with Crippen LogP contribution in [0.2, 0.25) is 0 Å². The molecule has 0 heterocycles. The fraction of sp³-hybridized carbons (Fsp3) is 0.364. The quantitative estimate of drug-likeness (QED) is 0.786. The summed E-state index contributed by atoms with van der Waals surface area (Å²) in [6, 6.07) is 7.91. The second kappa shape index (κ2) is 5.40. The molecule has 0 saturated carbocycles. The molecule has 14 heavy (non-hydrogen) atoms. The third-order valence-corrected chi connectivity index (χ3v) is 1.95. The van der Waals surface area contributed by atoms with Crippen molar-refractivity contribution in [1.29, 1.82) is 0 Å². The molecule has 3 nitrogen and oxygen atoms in total. The molecule has 0 bridgehead atoms. The van der Waals surface area contributed by atoms with E-state index >= 15 is 0 Å². The maximum absolute atomic E-state index is 10.7. The third kappa shape index (κ3) is 3.18. The third-order valence-electron chi connectivity index (χ3n) is 1.95. The lowest BCUT2D eigenvalue weighted by Gasteiger charge is -2.08. The van der Waals surface area contributed by atoms with Crippen LogP contribution >= 0.6 is 0 Å². The molecule has 76 valence electrons. The lowest BCUT2D eigenvalue weighted by molar-refractivity contribution is -0.119. The van der Waals surface area contributed by atoms with Gasteiger partial charge in [0.15, 0.2) is 0 Å². The molecule has 0 fully saturated rings. The Morgan fingerprint density at radius 3 is 2.57 bits per heavy atom. The fourth-order valence-corrected chi connectivity index (χ4v) is 1.25. The molecule has 0 atom stereocenters. The van der Waals surface area contributed by atoms with Crippen molar-refractivity contribution in [2.45, 2.75) is 20.1 Å². The first kappa shape index (κ1) is 10.7. The second-order valence-electron chi connectivity index (χ2n) is 3.11. The minimum Gasteiger partial charge on any atom is -0.380 e. The summed E-state index contributed by atoms with van der Waals surface area (Å²) in [5.41, 5.74) is 2.22. The van der Waals surface area contributed by atoms with Gasteiger partial charge in [-0.2, -0.15) is 0 Å². The van der Waals surface area contributed by atoms with Gasteiger partial charge >= 0.3 is 0 Å². The Morgan fingerprint density at radius 2 is 2.00 bits per heavy atom. The molecule has 0 aliphatic heterocycles. The molecule has 1 aromatic carbocycles. The van der Waals surface area contributed by atoms with Crippen LogP contribution in [0, 0.1) is 0 Å². The fourth-order valence-electron chi connectivity index (χ4n) is 1.25. The smallest absolute Gasteiger partial charge is 0.217 e. The number of hydrogen-bond donors (Lipinski definition) is 1. The zero-order chi connectivity index (χ0) is 10.4. The van der Waals surface area contributed by atoms with Crippen LogP contribution in [0.4, 0.5) is 0 Å². The summed E-state index contributed by atoms with van der Waals surface area (Å²) in [5, 5.41) is 2.77. The van der Waals surface area contributed by atoms with Crippen molar-refractivity contribution >= 4 is 5.91 Å². The van der Waals surface area contributed by atoms with Crippen LogP contribution in [-0.2, 0) is 22.7 Å². The summed E-state index contributed by atoms with van der Waals surface area (Å²) in [6.07, 6.45) is 0. The number of nitrogens with one attached hydrogen (secondary N) is 1. The molecule has 0 spiro atoms. The zero-order valence-corrected chi connectivity index (χ0v) is 8.54. The van der Waals surface area contributed by atoms with Crippen molar-refractivity contribution < 1.29 is 9.53 Å². The molecular weight excluding hydrogens is 178 g/mol. The summed E-state index contributed by atoms with van der Waals surface area (Å²) in [4.78, 5) is 10.7. The predicted octanol–water partition coefficient (Wildman–Crippen LogP) is 1.47. The SMILES string of the molecule is COCc1ccccc1CNC(C)=O. The van der Waals surface area contributed by atoms with E-state index in [-0.39, 0.29) is 5.91 Å². The van der Waals surface area contributed by atoms with Crippen LogP contribution in [0.1, 0.15) is 18.1 Å². The summed E-state index contributed by atoms with van der Waals surface area (Å²) >= 11 is 0. The van der Waals surface area contributed by atoms with E-state index in [1.165, 1.54) is 6.92 Å². The Morgan fingerprint density at radius 1 is 1.36 bits per heavy atom. The van der Waals surface area contributed by atoms with E-state index in [2.05, 4.69) is 5.32 Å². The predicted molar refractivity (Wildman–Crippen MR) is 54.7 cm³/mol. The number of carbonyl (C=O) groups excluding carboxylic acids is 1. The van der Waals surface area contributed by atoms with E-state index in [0.717, 1.165) is 11.1 Å². The highest BCUT2D eigenvalue weighted by atomic mass is 16.5. The van der Waals surface area contributed by atoms with Crippen LogP contribution in [0.3, 0.4) is 0 Å². The Bertz CT molecular complexity index is 310. The molecule has 3 heteroatoms. The molecule has 1 rings (SSSR count). The maximum Gasteiger partial charge on any atom is 0.217 e. The minimum absolute atomic E-state index is 0.0165. The number of ether oxygens (including phenoxy) is 1. The topological polar surface area (TPSA) is 38.3 Å². The number of rotatable bonds is 4. The number of amides is 1. The van der Waals surface area contributed by atoms with Gasteiger partial charge in [0.1, 0.15) is 0 Å². The average molecular weight is 193 g/mol. The van der Waals surface area contributed by atoms with Crippen LogP contribution in [0.5, 0.6) is 0 Å².